The lowest BCUT2D eigenvalue weighted by atomic mass is 10.0. The Hall–Kier alpha value is -1.88. The third-order valence-corrected chi connectivity index (χ3v) is 3.44. The lowest BCUT2D eigenvalue weighted by Crippen LogP contribution is -2.57. The van der Waals surface area contributed by atoms with Crippen LogP contribution < -0.4 is 5.32 Å². The second-order valence-electron chi connectivity index (χ2n) is 4.99. The SMILES string of the molecule is Cc1ccc(C)c(CN2CC(=O)NCC2C(=O)O)c1. The summed E-state index contributed by atoms with van der Waals surface area (Å²) in [5, 5.41) is 11.8. The molecule has 0 saturated carbocycles. The molecule has 0 spiro atoms. The zero-order chi connectivity index (χ0) is 14.0. The third-order valence-electron chi connectivity index (χ3n) is 3.44. The molecule has 1 aromatic rings. The highest BCUT2D eigenvalue weighted by atomic mass is 16.4. The van der Waals surface area contributed by atoms with Crippen LogP contribution in [0.5, 0.6) is 0 Å². The van der Waals surface area contributed by atoms with Gasteiger partial charge in [0.2, 0.25) is 5.91 Å². The molecular weight excluding hydrogens is 244 g/mol. The summed E-state index contributed by atoms with van der Waals surface area (Å²) < 4.78 is 0. The predicted octanol–water partition coefficient (Wildman–Crippen LogP) is 0.688. The van der Waals surface area contributed by atoms with Gasteiger partial charge in [-0.15, -0.1) is 0 Å². The maximum absolute atomic E-state index is 11.4. The van der Waals surface area contributed by atoms with Crippen molar-refractivity contribution in [2.75, 3.05) is 13.1 Å². The van der Waals surface area contributed by atoms with Crippen molar-refractivity contribution in [3.05, 3.63) is 34.9 Å². The van der Waals surface area contributed by atoms with Crippen molar-refractivity contribution in [3.8, 4) is 0 Å². The quantitative estimate of drug-likeness (QED) is 0.841. The number of benzene rings is 1. The molecule has 1 fully saturated rings. The number of carbonyl (C=O) groups excluding carboxylic acids is 1. The molecule has 1 aliphatic rings. The summed E-state index contributed by atoms with van der Waals surface area (Å²) in [7, 11) is 0. The van der Waals surface area contributed by atoms with Crippen LogP contribution in [0, 0.1) is 13.8 Å². The van der Waals surface area contributed by atoms with Gasteiger partial charge in [-0.05, 0) is 25.0 Å². The van der Waals surface area contributed by atoms with Gasteiger partial charge in [-0.1, -0.05) is 23.8 Å². The summed E-state index contributed by atoms with van der Waals surface area (Å²) in [6.45, 7) is 4.77. The summed E-state index contributed by atoms with van der Waals surface area (Å²) in [5.41, 5.74) is 3.32. The van der Waals surface area contributed by atoms with Crippen molar-refractivity contribution < 1.29 is 14.7 Å². The molecule has 0 aromatic heterocycles. The fraction of sp³-hybridized carbons (Fsp3) is 0.429. The molecule has 1 amide bonds. The topological polar surface area (TPSA) is 69.6 Å². The Morgan fingerprint density at radius 2 is 2.21 bits per heavy atom. The van der Waals surface area contributed by atoms with Crippen LogP contribution in [0.1, 0.15) is 16.7 Å². The van der Waals surface area contributed by atoms with E-state index in [1.165, 1.54) is 0 Å². The number of rotatable bonds is 3. The molecular formula is C14H18N2O3. The molecule has 1 aromatic carbocycles. The van der Waals surface area contributed by atoms with E-state index in [2.05, 4.69) is 5.32 Å². The first-order chi connectivity index (χ1) is 8.97. The van der Waals surface area contributed by atoms with Gasteiger partial charge in [0, 0.05) is 13.1 Å². The number of piperazine rings is 1. The third kappa shape index (κ3) is 3.12. The number of nitrogens with one attached hydrogen (secondary N) is 1. The predicted molar refractivity (Wildman–Crippen MR) is 70.8 cm³/mol. The standard InChI is InChI=1S/C14H18N2O3/c1-9-3-4-10(2)11(5-9)7-16-8-13(17)15-6-12(16)14(18)19/h3-5,12H,6-8H2,1-2H3,(H,15,17)(H,18,19). The molecule has 5 nitrogen and oxygen atoms in total. The largest absolute Gasteiger partial charge is 0.480 e. The van der Waals surface area contributed by atoms with E-state index in [1.807, 2.05) is 32.0 Å². The fourth-order valence-electron chi connectivity index (χ4n) is 2.29. The molecule has 1 atom stereocenters. The first kappa shape index (κ1) is 13.5. The van der Waals surface area contributed by atoms with E-state index in [9.17, 15) is 14.7 Å². The van der Waals surface area contributed by atoms with Crippen LogP contribution >= 0.6 is 0 Å². The highest BCUT2D eigenvalue weighted by molar-refractivity contribution is 5.83. The molecule has 102 valence electrons. The summed E-state index contributed by atoms with van der Waals surface area (Å²) in [6.07, 6.45) is 0. The maximum Gasteiger partial charge on any atom is 0.322 e. The summed E-state index contributed by atoms with van der Waals surface area (Å²) in [5.74, 6) is -1.02. The molecule has 2 rings (SSSR count). The number of hydrogen-bond donors (Lipinski definition) is 2. The molecule has 5 heteroatoms. The van der Waals surface area contributed by atoms with Crippen molar-refractivity contribution in [1.82, 2.24) is 10.2 Å². The van der Waals surface area contributed by atoms with E-state index in [1.54, 1.807) is 4.90 Å². The monoisotopic (exact) mass is 262 g/mol. The van der Waals surface area contributed by atoms with E-state index in [4.69, 9.17) is 0 Å². The first-order valence-corrected chi connectivity index (χ1v) is 6.27. The number of nitrogens with zero attached hydrogens (tertiary/aromatic N) is 1. The van der Waals surface area contributed by atoms with Crippen LogP contribution in [-0.4, -0.2) is 41.0 Å². The Kier molecular flexibility index (Phi) is 3.85. The molecule has 19 heavy (non-hydrogen) atoms. The average molecular weight is 262 g/mol. The van der Waals surface area contributed by atoms with Crippen LogP contribution in [0.25, 0.3) is 0 Å². The van der Waals surface area contributed by atoms with E-state index >= 15 is 0 Å². The number of amides is 1. The van der Waals surface area contributed by atoms with E-state index in [0.717, 1.165) is 16.7 Å². The van der Waals surface area contributed by atoms with Crippen molar-refractivity contribution in [2.45, 2.75) is 26.4 Å². The highest BCUT2D eigenvalue weighted by Crippen LogP contribution is 2.16. The molecule has 1 heterocycles. The van der Waals surface area contributed by atoms with Gasteiger partial charge in [0.15, 0.2) is 0 Å². The van der Waals surface area contributed by atoms with Crippen molar-refractivity contribution in [3.63, 3.8) is 0 Å². The van der Waals surface area contributed by atoms with Crippen LogP contribution in [0.3, 0.4) is 0 Å². The summed E-state index contributed by atoms with van der Waals surface area (Å²) in [6, 6.07) is 5.43. The molecule has 2 N–H and O–H groups in total. The Labute approximate surface area is 112 Å². The van der Waals surface area contributed by atoms with Gasteiger partial charge in [-0.25, -0.2) is 0 Å². The van der Waals surface area contributed by atoms with Crippen molar-refractivity contribution >= 4 is 11.9 Å². The van der Waals surface area contributed by atoms with E-state index in [0.29, 0.717) is 6.54 Å². The minimum absolute atomic E-state index is 0.122. The van der Waals surface area contributed by atoms with Gasteiger partial charge < -0.3 is 10.4 Å². The smallest absolute Gasteiger partial charge is 0.322 e. The average Bonchev–Trinajstić information content (AvgIpc) is 2.33. The Morgan fingerprint density at radius 1 is 1.47 bits per heavy atom. The Morgan fingerprint density at radius 3 is 2.89 bits per heavy atom. The minimum Gasteiger partial charge on any atom is -0.480 e. The zero-order valence-electron chi connectivity index (χ0n) is 11.1. The second kappa shape index (κ2) is 5.40. The lowest BCUT2D eigenvalue weighted by molar-refractivity contribution is -0.146. The molecule has 1 aliphatic heterocycles. The number of carbonyl (C=O) groups is 2. The van der Waals surface area contributed by atoms with Gasteiger partial charge in [-0.3, -0.25) is 14.5 Å². The molecule has 0 radical (unpaired) electrons. The van der Waals surface area contributed by atoms with Gasteiger partial charge >= 0.3 is 5.97 Å². The summed E-state index contributed by atoms with van der Waals surface area (Å²) in [4.78, 5) is 24.4. The van der Waals surface area contributed by atoms with E-state index in [-0.39, 0.29) is 19.0 Å². The minimum atomic E-state index is -0.898. The number of carboxylic acid groups (broad SMARTS) is 1. The van der Waals surface area contributed by atoms with Crippen molar-refractivity contribution in [1.29, 1.82) is 0 Å². The van der Waals surface area contributed by atoms with Gasteiger partial charge in [0.25, 0.3) is 0 Å². The van der Waals surface area contributed by atoms with Gasteiger partial charge in [0.05, 0.1) is 6.54 Å². The van der Waals surface area contributed by atoms with Crippen LogP contribution in [0.15, 0.2) is 18.2 Å². The Balaban J connectivity index is 2.20. The van der Waals surface area contributed by atoms with Gasteiger partial charge in [-0.2, -0.15) is 0 Å². The highest BCUT2D eigenvalue weighted by Gasteiger charge is 2.31. The molecule has 1 saturated heterocycles. The molecule has 1 unspecified atom stereocenters. The maximum atomic E-state index is 11.4. The number of aliphatic carboxylic acids is 1. The molecule has 0 aliphatic carbocycles. The molecule has 0 bridgehead atoms. The first-order valence-electron chi connectivity index (χ1n) is 6.27. The van der Waals surface area contributed by atoms with Gasteiger partial charge in [0.1, 0.15) is 6.04 Å². The van der Waals surface area contributed by atoms with Crippen molar-refractivity contribution in [2.24, 2.45) is 0 Å². The normalized spacial score (nSPS) is 20.1. The number of hydrogen-bond acceptors (Lipinski definition) is 3. The van der Waals surface area contributed by atoms with E-state index < -0.39 is 12.0 Å². The van der Waals surface area contributed by atoms with Crippen LogP contribution in [0.4, 0.5) is 0 Å². The fourth-order valence-corrected chi connectivity index (χ4v) is 2.29. The van der Waals surface area contributed by atoms with Crippen LogP contribution in [0.2, 0.25) is 0 Å². The zero-order valence-corrected chi connectivity index (χ0v) is 11.1. The Bertz CT molecular complexity index is 513. The number of aryl methyl sites for hydroxylation is 2. The summed E-state index contributed by atoms with van der Waals surface area (Å²) >= 11 is 0. The van der Waals surface area contributed by atoms with Crippen LogP contribution in [-0.2, 0) is 16.1 Å². The number of carboxylic acids is 1. The second-order valence-corrected chi connectivity index (χ2v) is 4.99. The lowest BCUT2D eigenvalue weighted by Gasteiger charge is -2.33.